The highest BCUT2D eigenvalue weighted by atomic mass is 35.5. The molecular formula is C16H27ClN4O2. The fourth-order valence-electron chi connectivity index (χ4n) is 1.90. The first-order valence-electron chi connectivity index (χ1n) is 7.63. The molecule has 6 nitrogen and oxygen atoms in total. The molecule has 0 radical (unpaired) electrons. The zero-order valence-electron chi connectivity index (χ0n) is 13.8. The van der Waals surface area contributed by atoms with Crippen LogP contribution in [0.3, 0.4) is 0 Å². The molecule has 0 spiro atoms. The van der Waals surface area contributed by atoms with Crippen LogP contribution in [0, 0.1) is 0 Å². The van der Waals surface area contributed by atoms with E-state index in [0.29, 0.717) is 19.6 Å². The molecule has 7 heteroatoms. The van der Waals surface area contributed by atoms with Gasteiger partial charge in [0.05, 0.1) is 0 Å². The van der Waals surface area contributed by atoms with E-state index in [1.54, 1.807) is 11.9 Å². The van der Waals surface area contributed by atoms with Crippen molar-refractivity contribution in [2.24, 2.45) is 0 Å². The lowest BCUT2D eigenvalue weighted by atomic mass is 10.2. The van der Waals surface area contributed by atoms with Crippen LogP contribution in [0.2, 0.25) is 0 Å². The van der Waals surface area contributed by atoms with Crippen LogP contribution in [0.25, 0.3) is 0 Å². The molecule has 0 aliphatic rings. The van der Waals surface area contributed by atoms with Gasteiger partial charge in [0, 0.05) is 39.6 Å². The predicted molar refractivity (Wildman–Crippen MR) is 94.7 cm³/mol. The van der Waals surface area contributed by atoms with Gasteiger partial charge >= 0.3 is 6.03 Å². The number of rotatable bonds is 9. The summed E-state index contributed by atoms with van der Waals surface area (Å²) < 4.78 is 0. The minimum absolute atomic E-state index is 0. The van der Waals surface area contributed by atoms with Gasteiger partial charge in [0.15, 0.2) is 0 Å². The molecule has 0 aliphatic carbocycles. The predicted octanol–water partition coefficient (Wildman–Crippen LogP) is 1.37. The summed E-state index contributed by atoms with van der Waals surface area (Å²) in [4.78, 5) is 25.0. The fraction of sp³-hybridized carbons (Fsp3) is 0.500. The van der Waals surface area contributed by atoms with Crippen molar-refractivity contribution >= 4 is 24.3 Å². The summed E-state index contributed by atoms with van der Waals surface area (Å²) in [6.07, 6.45) is 0.289. The van der Waals surface area contributed by atoms with Crippen LogP contribution in [0.4, 0.5) is 4.79 Å². The molecule has 3 N–H and O–H groups in total. The molecule has 0 bridgehead atoms. The van der Waals surface area contributed by atoms with Crippen LogP contribution in [-0.4, -0.2) is 50.1 Å². The maximum atomic E-state index is 11.9. The third-order valence-electron chi connectivity index (χ3n) is 3.11. The highest BCUT2D eigenvalue weighted by Gasteiger charge is 2.09. The van der Waals surface area contributed by atoms with E-state index < -0.39 is 0 Å². The molecule has 0 saturated heterocycles. The minimum Gasteiger partial charge on any atom is -0.355 e. The van der Waals surface area contributed by atoms with E-state index in [0.717, 1.165) is 18.7 Å². The molecule has 1 aromatic carbocycles. The summed E-state index contributed by atoms with van der Waals surface area (Å²) in [5, 5.41) is 8.66. The van der Waals surface area contributed by atoms with E-state index in [1.807, 2.05) is 37.3 Å². The maximum Gasteiger partial charge on any atom is 0.317 e. The first-order valence-corrected chi connectivity index (χ1v) is 7.63. The van der Waals surface area contributed by atoms with E-state index in [4.69, 9.17) is 0 Å². The van der Waals surface area contributed by atoms with E-state index in [9.17, 15) is 9.59 Å². The Morgan fingerprint density at radius 3 is 2.39 bits per heavy atom. The molecule has 3 amide bonds. The van der Waals surface area contributed by atoms with E-state index in [1.165, 1.54) is 0 Å². The molecule has 1 aromatic rings. The van der Waals surface area contributed by atoms with Gasteiger partial charge in [0.2, 0.25) is 5.91 Å². The van der Waals surface area contributed by atoms with Gasteiger partial charge in [-0.25, -0.2) is 4.79 Å². The Morgan fingerprint density at radius 1 is 1.04 bits per heavy atom. The van der Waals surface area contributed by atoms with Crippen molar-refractivity contribution < 1.29 is 9.59 Å². The van der Waals surface area contributed by atoms with Crippen molar-refractivity contribution in [2.75, 3.05) is 33.2 Å². The second-order valence-corrected chi connectivity index (χ2v) is 5.03. The monoisotopic (exact) mass is 342 g/mol. The highest BCUT2D eigenvalue weighted by Crippen LogP contribution is 2.02. The molecule has 0 saturated carbocycles. The van der Waals surface area contributed by atoms with Gasteiger partial charge in [-0.2, -0.15) is 0 Å². The second kappa shape index (κ2) is 12.7. The normalized spacial score (nSPS) is 9.65. The average Bonchev–Trinajstić information content (AvgIpc) is 2.52. The van der Waals surface area contributed by atoms with Gasteiger partial charge in [-0.15, -0.1) is 12.4 Å². The number of urea groups is 1. The quantitative estimate of drug-likeness (QED) is 0.593. The van der Waals surface area contributed by atoms with E-state index in [-0.39, 0.29) is 30.8 Å². The third kappa shape index (κ3) is 9.76. The SMILES string of the molecule is CCNCCNC(=O)CCNC(=O)N(C)Cc1ccccc1.Cl. The van der Waals surface area contributed by atoms with Crippen molar-refractivity contribution in [2.45, 2.75) is 19.9 Å². The Hall–Kier alpha value is -1.79. The smallest absolute Gasteiger partial charge is 0.317 e. The summed E-state index contributed by atoms with van der Waals surface area (Å²) in [7, 11) is 1.73. The molecule has 0 aliphatic heterocycles. The molecule has 0 heterocycles. The summed E-state index contributed by atoms with van der Waals surface area (Å²) in [6.45, 7) is 5.15. The fourth-order valence-corrected chi connectivity index (χ4v) is 1.90. The summed E-state index contributed by atoms with van der Waals surface area (Å²) in [5.74, 6) is -0.0519. The molecule has 23 heavy (non-hydrogen) atoms. The van der Waals surface area contributed by atoms with Crippen LogP contribution in [0.15, 0.2) is 30.3 Å². The molecule has 130 valence electrons. The number of hydrogen-bond acceptors (Lipinski definition) is 3. The maximum absolute atomic E-state index is 11.9. The van der Waals surface area contributed by atoms with Gasteiger partial charge in [-0.1, -0.05) is 37.3 Å². The van der Waals surface area contributed by atoms with Crippen molar-refractivity contribution in [1.29, 1.82) is 0 Å². The third-order valence-corrected chi connectivity index (χ3v) is 3.11. The first-order chi connectivity index (χ1) is 10.6. The highest BCUT2D eigenvalue weighted by molar-refractivity contribution is 5.85. The van der Waals surface area contributed by atoms with Crippen LogP contribution in [-0.2, 0) is 11.3 Å². The Morgan fingerprint density at radius 2 is 1.74 bits per heavy atom. The Kier molecular flexibility index (Phi) is 11.7. The number of likely N-dealkylation sites (N-methyl/N-ethyl adjacent to an activating group) is 1. The largest absolute Gasteiger partial charge is 0.355 e. The molecular weight excluding hydrogens is 316 g/mol. The number of hydrogen-bond donors (Lipinski definition) is 3. The Bertz CT molecular complexity index is 457. The average molecular weight is 343 g/mol. The van der Waals surface area contributed by atoms with Crippen LogP contribution < -0.4 is 16.0 Å². The number of carbonyl (C=O) groups excluding carboxylic acids is 2. The Labute approximate surface area is 144 Å². The molecule has 1 rings (SSSR count). The van der Waals surface area contributed by atoms with Gasteiger partial charge in [-0.3, -0.25) is 4.79 Å². The summed E-state index contributed by atoms with van der Waals surface area (Å²) >= 11 is 0. The number of benzene rings is 1. The van der Waals surface area contributed by atoms with Crippen molar-refractivity contribution in [3.8, 4) is 0 Å². The number of nitrogens with zero attached hydrogens (tertiary/aromatic N) is 1. The lowest BCUT2D eigenvalue weighted by Crippen LogP contribution is -2.39. The van der Waals surface area contributed by atoms with Gasteiger partial charge < -0.3 is 20.9 Å². The van der Waals surface area contributed by atoms with E-state index >= 15 is 0 Å². The number of halogens is 1. The number of nitrogens with one attached hydrogen (secondary N) is 3. The lowest BCUT2D eigenvalue weighted by molar-refractivity contribution is -0.120. The zero-order chi connectivity index (χ0) is 16.2. The minimum atomic E-state index is -0.177. The lowest BCUT2D eigenvalue weighted by Gasteiger charge is -2.18. The van der Waals surface area contributed by atoms with Crippen LogP contribution in [0.1, 0.15) is 18.9 Å². The van der Waals surface area contributed by atoms with Crippen molar-refractivity contribution in [3.05, 3.63) is 35.9 Å². The zero-order valence-corrected chi connectivity index (χ0v) is 14.6. The van der Waals surface area contributed by atoms with Crippen molar-refractivity contribution in [1.82, 2.24) is 20.9 Å². The topological polar surface area (TPSA) is 73.5 Å². The number of carbonyl (C=O) groups is 2. The molecule has 0 atom stereocenters. The van der Waals surface area contributed by atoms with Crippen LogP contribution in [0.5, 0.6) is 0 Å². The summed E-state index contributed by atoms with van der Waals surface area (Å²) in [6, 6.07) is 9.60. The molecule has 0 aromatic heterocycles. The summed E-state index contributed by atoms with van der Waals surface area (Å²) in [5.41, 5.74) is 1.07. The van der Waals surface area contributed by atoms with Gasteiger partial charge in [0.25, 0.3) is 0 Å². The Balaban J connectivity index is 0.00000484. The van der Waals surface area contributed by atoms with E-state index in [2.05, 4.69) is 16.0 Å². The van der Waals surface area contributed by atoms with Gasteiger partial charge in [-0.05, 0) is 12.1 Å². The first kappa shape index (κ1) is 21.2. The molecule has 0 unspecified atom stereocenters. The van der Waals surface area contributed by atoms with Crippen molar-refractivity contribution in [3.63, 3.8) is 0 Å². The number of amides is 3. The standard InChI is InChI=1S/C16H26N4O2.ClH/c1-3-17-11-12-18-15(21)9-10-19-16(22)20(2)13-14-7-5-4-6-8-14;/h4-8,17H,3,9-13H2,1-2H3,(H,18,21)(H,19,22);1H. The van der Waals surface area contributed by atoms with Crippen LogP contribution >= 0.6 is 12.4 Å². The van der Waals surface area contributed by atoms with Gasteiger partial charge in [0.1, 0.15) is 0 Å². The second-order valence-electron chi connectivity index (χ2n) is 5.03. The molecule has 0 fully saturated rings.